The average Bonchev–Trinajstić information content (AvgIpc) is 3.29. The van der Waals surface area contributed by atoms with Crippen molar-refractivity contribution in [2.75, 3.05) is 10.6 Å². The predicted molar refractivity (Wildman–Crippen MR) is 115 cm³/mol. The number of carbonyl (C=O) groups excluding carboxylic acids is 2. The molecule has 0 unspecified atom stereocenters. The van der Waals surface area contributed by atoms with Crippen molar-refractivity contribution in [1.29, 1.82) is 0 Å². The smallest absolute Gasteiger partial charge is 0.326 e. The molecule has 1 aliphatic heterocycles. The lowest BCUT2D eigenvalue weighted by molar-refractivity contribution is -0.115. The van der Waals surface area contributed by atoms with Crippen LogP contribution >= 0.6 is 0 Å². The van der Waals surface area contributed by atoms with Gasteiger partial charge in [0.05, 0.1) is 18.3 Å². The average molecular weight is 432 g/mol. The highest BCUT2D eigenvalue weighted by molar-refractivity contribution is 6.14. The van der Waals surface area contributed by atoms with E-state index in [-0.39, 0.29) is 11.7 Å². The highest BCUT2D eigenvalue weighted by Crippen LogP contribution is 2.34. The summed E-state index contributed by atoms with van der Waals surface area (Å²) < 4.78 is 1.57. The minimum Gasteiger partial charge on any atom is -0.390 e. The highest BCUT2D eigenvalue weighted by Gasteiger charge is 2.32. The summed E-state index contributed by atoms with van der Waals surface area (Å²) in [6.07, 6.45) is 5.15. The molecule has 162 valence electrons. The van der Waals surface area contributed by atoms with Gasteiger partial charge in [-0.05, 0) is 30.0 Å². The Morgan fingerprint density at radius 3 is 2.75 bits per heavy atom. The van der Waals surface area contributed by atoms with Crippen molar-refractivity contribution in [2.45, 2.75) is 37.5 Å². The van der Waals surface area contributed by atoms with E-state index in [0.717, 1.165) is 24.0 Å². The van der Waals surface area contributed by atoms with Gasteiger partial charge in [-0.15, -0.1) is 0 Å². The van der Waals surface area contributed by atoms with Crippen LogP contribution in [-0.2, 0) is 11.2 Å². The molecule has 11 nitrogen and oxygen atoms in total. The van der Waals surface area contributed by atoms with E-state index in [0.29, 0.717) is 35.6 Å². The van der Waals surface area contributed by atoms with Crippen LogP contribution < -0.4 is 21.3 Å². The molecule has 1 saturated carbocycles. The first-order valence-corrected chi connectivity index (χ1v) is 10.4. The molecule has 3 aliphatic rings. The second-order valence-corrected chi connectivity index (χ2v) is 8.18. The van der Waals surface area contributed by atoms with Crippen molar-refractivity contribution in [3.8, 4) is 0 Å². The van der Waals surface area contributed by atoms with Crippen LogP contribution in [-0.4, -0.2) is 48.8 Å². The summed E-state index contributed by atoms with van der Waals surface area (Å²) in [6, 6.07) is 7.31. The van der Waals surface area contributed by atoms with Gasteiger partial charge in [-0.1, -0.05) is 24.3 Å². The summed E-state index contributed by atoms with van der Waals surface area (Å²) in [4.78, 5) is 32.6. The first kappa shape index (κ1) is 18.8. The Labute approximate surface area is 181 Å². The molecule has 0 radical (unpaired) electrons. The van der Waals surface area contributed by atoms with Crippen LogP contribution in [0.25, 0.3) is 11.7 Å². The lowest BCUT2D eigenvalue weighted by Gasteiger charge is -2.18. The molecule has 3 aromatic rings. The van der Waals surface area contributed by atoms with E-state index in [2.05, 4.69) is 36.3 Å². The SMILES string of the molecule is O=C1NC(=O)/C(=C/c2cnn3c(NC4CC4)nc(N[C@@H]4c5ccccc5C[C@H]4O)nc23)N1. The normalized spacial score (nSPS) is 23.3. The number of anilines is 2. The summed E-state index contributed by atoms with van der Waals surface area (Å²) in [7, 11) is 0. The van der Waals surface area contributed by atoms with Crippen LogP contribution in [0.2, 0.25) is 0 Å². The van der Waals surface area contributed by atoms with Gasteiger partial charge in [-0.2, -0.15) is 19.6 Å². The third-order valence-corrected chi connectivity index (χ3v) is 5.81. The summed E-state index contributed by atoms with van der Waals surface area (Å²) in [5.41, 5.74) is 3.24. The molecule has 0 bridgehead atoms. The molecule has 3 amide bonds. The number of imide groups is 1. The van der Waals surface area contributed by atoms with Gasteiger partial charge in [0.15, 0.2) is 5.65 Å². The zero-order valence-electron chi connectivity index (χ0n) is 16.9. The molecule has 6 rings (SSSR count). The maximum Gasteiger partial charge on any atom is 0.326 e. The molecule has 3 heterocycles. The first-order valence-electron chi connectivity index (χ1n) is 10.4. The number of hydrogen-bond donors (Lipinski definition) is 5. The van der Waals surface area contributed by atoms with Gasteiger partial charge in [0, 0.05) is 18.0 Å². The van der Waals surface area contributed by atoms with Crippen molar-refractivity contribution < 1.29 is 14.7 Å². The van der Waals surface area contributed by atoms with Crippen LogP contribution in [0.5, 0.6) is 0 Å². The largest absolute Gasteiger partial charge is 0.390 e. The maximum atomic E-state index is 11.9. The lowest BCUT2D eigenvalue weighted by Crippen LogP contribution is -2.23. The Hall–Kier alpha value is -3.99. The molecular weight excluding hydrogens is 412 g/mol. The third kappa shape index (κ3) is 3.23. The van der Waals surface area contributed by atoms with Gasteiger partial charge in [0.25, 0.3) is 5.91 Å². The summed E-state index contributed by atoms with van der Waals surface area (Å²) in [5.74, 6) is 0.343. The Balaban J connectivity index is 1.41. The number of amides is 3. The van der Waals surface area contributed by atoms with Gasteiger partial charge in [-0.25, -0.2) is 4.79 Å². The summed E-state index contributed by atoms with van der Waals surface area (Å²) in [6.45, 7) is 0. The Morgan fingerprint density at radius 2 is 1.97 bits per heavy atom. The van der Waals surface area contributed by atoms with E-state index < -0.39 is 18.0 Å². The number of nitrogens with one attached hydrogen (secondary N) is 4. The number of aliphatic hydroxyl groups excluding tert-OH is 1. The molecular formula is C21H20N8O3. The van der Waals surface area contributed by atoms with Gasteiger partial charge in [0.2, 0.25) is 11.9 Å². The quantitative estimate of drug-likeness (QED) is 0.296. The van der Waals surface area contributed by atoms with Crippen molar-refractivity contribution in [3.05, 3.63) is 52.8 Å². The highest BCUT2D eigenvalue weighted by atomic mass is 16.3. The molecule has 1 aromatic carbocycles. The number of aliphatic hydroxyl groups is 1. The number of rotatable bonds is 5. The minimum absolute atomic E-state index is 0.120. The molecule has 2 atom stereocenters. The van der Waals surface area contributed by atoms with E-state index in [4.69, 9.17) is 0 Å². The van der Waals surface area contributed by atoms with Gasteiger partial charge < -0.3 is 21.1 Å². The van der Waals surface area contributed by atoms with Crippen LogP contribution in [0.1, 0.15) is 35.6 Å². The standard InChI is InChI=1S/C21H20N8O3/c30-15-8-10-3-1-2-4-13(10)16(15)25-19-26-17-11(7-14-18(31)27-21(32)24-14)9-22-29(17)20(28-19)23-12-5-6-12/h1-4,7,9,12,15-16,30H,5-6,8H2,(H2,23,25,26,28)(H2,24,27,31,32)/b14-7-/t15-,16-/m1/s1. The lowest BCUT2D eigenvalue weighted by atomic mass is 10.1. The van der Waals surface area contributed by atoms with E-state index in [1.165, 1.54) is 6.08 Å². The van der Waals surface area contributed by atoms with Gasteiger partial charge in [0.1, 0.15) is 5.70 Å². The summed E-state index contributed by atoms with van der Waals surface area (Å²) >= 11 is 0. The van der Waals surface area contributed by atoms with E-state index >= 15 is 0 Å². The zero-order valence-corrected chi connectivity index (χ0v) is 16.9. The van der Waals surface area contributed by atoms with Crippen molar-refractivity contribution in [2.24, 2.45) is 0 Å². The maximum absolute atomic E-state index is 11.9. The van der Waals surface area contributed by atoms with Crippen molar-refractivity contribution >= 4 is 35.6 Å². The van der Waals surface area contributed by atoms with E-state index in [1.807, 2.05) is 24.3 Å². The fourth-order valence-corrected chi connectivity index (χ4v) is 4.09. The molecule has 11 heteroatoms. The summed E-state index contributed by atoms with van der Waals surface area (Å²) in [5, 5.41) is 26.3. The molecule has 5 N–H and O–H groups in total. The van der Waals surface area contributed by atoms with Crippen molar-refractivity contribution in [3.63, 3.8) is 0 Å². The second-order valence-electron chi connectivity index (χ2n) is 8.18. The topological polar surface area (TPSA) is 146 Å². The fraction of sp³-hybridized carbons (Fsp3) is 0.286. The van der Waals surface area contributed by atoms with Crippen LogP contribution in [0.15, 0.2) is 36.2 Å². The van der Waals surface area contributed by atoms with Gasteiger partial charge in [-0.3, -0.25) is 10.1 Å². The predicted octanol–water partition coefficient (Wildman–Crippen LogP) is 0.949. The number of nitrogens with zero attached hydrogens (tertiary/aromatic N) is 4. The Morgan fingerprint density at radius 1 is 1.12 bits per heavy atom. The minimum atomic E-state index is -0.601. The van der Waals surface area contributed by atoms with Crippen LogP contribution in [0.3, 0.4) is 0 Å². The molecule has 1 saturated heterocycles. The first-order chi connectivity index (χ1) is 15.5. The molecule has 0 spiro atoms. The zero-order chi connectivity index (χ0) is 21.8. The molecule has 2 aliphatic carbocycles. The van der Waals surface area contributed by atoms with E-state index in [1.54, 1.807) is 10.7 Å². The number of benzene rings is 1. The number of carbonyl (C=O) groups is 2. The Bertz CT molecular complexity index is 1300. The van der Waals surface area contributed by atoms with Crippen LogP contribution in [0.4, 0.5) is 16.7 Å². The van der Waals surface area contributed by atoms with E-state index in [9.17, 15) is 14.7 Å². The Kier molecular flexibility index (Phi) is 4.12. The second kappa shape index (κ2) is 7.02. The van der Waals surface area contributed by atoms with Crippen molar-refractivity contribution in [1.82, 2.24) is 30.2 Å². The monoisotopic (exact) mass is 432 g/mol. The van der Waals surface area contributed by atoms with Crippen LogP contribution in [0, 0.1) is 0 Å². The molecule has 2 aromatic heterocycles. The third-order valence-electron chi connectivity index (χ3n) is 5.81. The number of fused-ring (bicyclic) bond motifs is 2. The molecule has 32 heavy (non-hydrogen) atoms. The van der Waals surface area contributed by atoms with Gasteiger partial charge >= 0.3 is 6.03 Å². The number of hydrogen-bond acceptors (Lipinski definition) is 8. The number of urea groups is 1. The number of aromatic nitrogens is 4. The fourth-order valence-electron chi connectivity index (χ4n) is 4.09. The molecule has 2 fully saturated rings.